The molecule has 1 aromatic rings. The van der Waals surface area contributed by atoms with E-state index in [2.05, 4.69) is 20.8 Å². The van der Waals surface area contributed by atoms with Crippen LogP contribution in [0.5, 0.6) is 0 Å². The molecule has 1 aliphatic rings. The van der Waals surface area contributed by atoms with Gasteiger partial charge in [-0.3, -0.25) is 0 Å². The van der Waals surface area contributed by atoms with Crippen molar-refractivity contribution in [3.63, 3.8) is 0 Å². The van der Waals surface area contributed by atoms with Crippen LogP contribution in [0, 0.1) is 28.8 Å². The van der Waals surface area contributed by atoms with E-state index in [4.69, 9.17) is 0 Å². The maximum absolute atomic E-state index is 14.0. The van der Waals surface area contributed by atoms with Gasteiger partial charge in [-0.1, -0.05) is 26.8 Å². The third kappa shape index (κ3) is 3.25. The van der Waals surface area contributed by atoms with Gasteiger partial charge >= 0.3 is 0 Å². The maximum atomic E-state index is 14.0. The van der Waals surface area contributed by atoms with Crippen molar-refractivity contribution in [2.75, 3.05) is 0 Å². The van der Waals surface area contributed by atoms with Crippen LogP contribution in [-0.2, 0) is 5.60 Å². The Morgan fingerprint density at radius 1 is 1.05 bits per heavy atom. The van der Waals surface area contributed by atoms with Crippen LogP contribution in [0.1, 0.15) is 58.4 Å². The lowest BCUT2D eigenvalue weighted by molar-refractivity contribution is 0.0138. The number of hydrogen-bond acceptors (Lipinski definition) is 1. The Morgan fingerprint density at radius 3 is 2.33 bits per heavy atom. The highest BCUT2D eigenvalue weighted by Crippen LogP contribution is 2.44. The van der Waals surface area contributed by atoms with Crippen LogP contribution >= 0.6 is 0 Å². The summed E-state index contributed by atoms with van der Waals surface area (Å²) in [7, 11) is 0. The van der Waals surface area contributed by atoms with Crippen molar-refractivity contribution in [2.45, 2.75) is 58.5 Å². The zero-order valence-electron chi connectivity index (χ0n) is 12.8. The van der Waals surface area contributed by atoms with E-state index in [9.17, 15) is 18.3 Å². The van der Waals surface area contributed by atoms with Gasteiger partial charge in [0.15, 0.2) is 17.5 Å². The first-order valence-electron chi connectivity index (χ1n) is 7.51. The van der Waals surface area contributed by atoms with Gasteiger partial charge < -0.3 is 5.11 Å². The van der Waals surface area contributed by atoms with Crippen LogP contribution in [0.2, 0.25) is 0 Å². The van der Waals surface area contributed by atoms with E-state index in [0.717, 1.165) is 25.3 Å². The predicted molar refractivity (Wildman–Crippen MR) is 76.2 cm³/mol. The van der Waals surface area contributed by atoms with Crippen LogP contribution in [0.4, 0.5) is 13.2 Å². The molecule has 118 valence electrons. The highest BCUT2D eigenvalue weighted by atomic mass is 19.2. The van der Waals surface area contributed by atoms with E-state index >= 15 is 0 Å². The van der Waals surface area contributed by atoms with Crippen LogP contribution in [-0.4, -0.2) is 5.11 Å². The van der Waals surface area contributed by atoms with E-state index in [0.29, 0.717) is 18.8 Å². The first-order chi connectivity index (χ1) is 9.65. The predicted octanol–water partition coefficient (Wildman–Crippen LogP) is 4.92. The number of halogens is 3. The summed E-state index contributed by atoms with van der Waals surface area (Å²) < 4.78 is 40.5. The Hall–Kier alpha value is -1.03. The number of aliphatic hydroxyl groups is 1. The molecule has 0 amide bonds. The molecule has 1 N–H and O–H groups in total. The molecule has 0 saturated heterocycles. The summed E-state index contributed by atoms with van der Waals surface area (Å²) in [6.45, 7) is 6.46. The molecule has 0 radical (unpaired) electrons. The maximum Gasteiger partial charge on any atom is 0.194 e. The van der Waals surface area contributed by atoms with Crippen LogP contribution in [0.25, 0.3) is 0 Å². The molecule has 0 bridgehead atoms. The molecule has 1 fully saturated rings. The molecule has 1 aromatic carbocycles. The first kappa shape index (κ1) is 16.3. The van der Waals surface area contributed by atoms with Crippen LogP contribution in [0.3, 0.4) is 0 Å². The first-order valence-corrected chi connectivity index (χ1v) is 7.51. The van der Waals surface area contributed by atoms with Crippen molar-refractivity contribution in [1.29, 1.82) is 0 Å². The molecular formula is C17H23F3O. The number of hydrogen-bond donors (Lipinski definition) is 1. The lowest BCUT2D eigenvalue weighted by Crippen LogP contribution is -2.27. The summed E-state index contributed by atoms with van der Waals surface area (Å²) in [6, 6.07) is 2.06. The molecule has 2 rings (SSSR count). The van der Waals surface area contributed by atoms with Crippen molar-refractivity contribution in [1.82, 2.24) is 0 Å². The third-order valence-corrected chi connectivity index (χ3v) is 4.81. The zero-order valence-corrected chi connectivity index (χ0v) is 12.8. The Kier molecular flexibility index (Phi) is 4.39. The summed E-state index contributed by atoms with van der Waals surface area (Å²) in [6.07, 6.45) is 3.20. The third-order valence-electron chi connectivity index (χ3n) is 4.81. The smallest absolute Gasteiger partial charge is 0.194 e. The summed E-state index contributed by atoms with van der Waals surface area (Å²) in [4.78, 5) is 0. The minimum atomic E-state index is -1.50. The second-order valence-electron chi connectivity index (χ2n) is 7.25. The van der Waals surface area contributed by atoms with Crippen molar-refractivity contribution in [3.8, 4) is 0 Å². The van der Waals surface area contributed by atoms with Crippen molar-refractivity contribution in [3.05, 3.63) is 35.1 Å². The standard InChI is InChI=1S/C17H23F3O/c1-16(2,3)11-5-4-9-17(21,10-8-11)12-6-7-13(18)15(20)14(12)19/h6-7,11,21H,4-5,8-10H2,1-3H3. The molecular weight excluding hydrogens is 277 g/mol. The van der Waals surface area contributed by atoms with Gasteiger partial charge in [-0.2, -0.15) is 0 Å². The van der Waals surface area contributed by atoms with Gasteiger partial charge in [0, 0.05) is 5.56 Å². The van der Waals surface area contributed by atoms with Crippen molar-refractivity contribution >= 4 is 0 Å². The normalized spacial score (nSPS) is 27.5. The van der Waals surface area contributed by atoms with E-state index in [1.54, 1.807) is 0 Å². The molecule has 4 heteroatoms. The van der Waals surface area contributed by atoms with Gasteiger partial charge in [-0.15, -0.1) is 0 Å². The molecule has 0 spiro atoms. The summed E-state index contributed by atoms with van der Waals surface area (Å²) >= 11 is 0. The summed E-state index contributed by atoms with van der Waals surface area (Å²) in [5, 5.41) is 10.8. The monoisotopic (exact) mass is 300 g/mol. The van der Waals surface area contributed by atoms with E-state index in [-0.39, 0.29) is 11.0 Å². The van der Waals surface area contributed by atoms with Gasteiger partial charge in [0.2, 0.25) is 0 Å². The fraction of sp³-hybridized carbons (Fsp3) is 0.647. The molecule has 2 atom stereocenters. The minimum Gasteiger partial charge on any atom is -0.385 e. The SMILES string of the molecule is CC(C)(C)C1CCCC(O)(c2ccc(F)c(F)c2F)CC1. The molecule has 2 unspecified atom stereocenters. The highest BCUT2D eigenvalue weighted by molar-refractivity contribution is 5.26. The second kappa shape index (κ2) is 5.64. The van der Waals surface area contributed by atoms with Gasteiger partial charge in [0.1, 0.15) is 0 Å². The largest absolute Gasteiger partial charge is 0.385 e. The lowest BCUT2D eigenvalue weighted by atomic mass is 9.76. The Labute approximate surface area is 124 Å². The average molecular weight is 300 g/mol. The van der Waals surface area contributed by atoms with Gasteiger partial charge in [-0.25, -0.2) is 13.2 Å². The fourth-order valence-electron chi connectivity index (χ4n) is 3.34. The Balaban J connectivity index is 2.29. The van der Waals surface area contributed by atoms with Crippen LogP contribution < -0.4 is 0 Å². The quantitative estimate of drug-likeness (QED) is 0.576. The number of rotatable bonds is 1. The fourth-order valence-corrected chi connectivity index (χ4v) is 3.34. The molecule has 0 aromatic heterocycles. The molecule has 0 aliphatic heterocycles. The second-order valence-corrected chi connectivity index (χ2v) is 7.25. The van der Waals surface area contributed by atoms with Crippen molar-refractivity contribution < 1.29 is 18.3 Å². The van der Waals surface area contributed by atoms with Crippen LogP contribution in [0.15, 0.2) is 12.1 Å². The molecule has 21 heavy (non-hydrogen) atoms. The lowest BCUT2D eigenvalue weighted by Gasteiger charge is -2.31. The van der Waals surface area contributed by atoms with Gasteiger partial charge in [0.25, 0.3) is 0 Å². The molecule has 1 nitrogen and oxygen atoms in total. The topological polar surface area (TPSA) is 20.2 Å². The summed E-state index contributed by atoms with van der Waals surface area (Å²) in [5.41, 5.74) is -1.40. The molecule has 0 heterocycles. The average Bonchev–Trinajstić information content (AvgIpc) is 2.58. The Morgan fingerprint density at radius 2 is 1.71 bits per heavy atom. The molecule has 1 saturated carbocycles. The number of benzene rings is 1. The highest BCUT2D eigenvalue weighted by Gasteiger charge is 2.38. The van der Waals surface area contributed by atoms with Gasteiger partial charge in [0.05, 0.1) is 5.60 Å². The van der Waals surface area contributed by atoms with E-state index < -0.39 is 23.1 Å². The van der Waals surface area contributed by atoms with Crippen molar-refractivity contribution in [2.24, 2.45) is 11.3 Å². The van der Waals surface area contributed by atoms with E-state index in [1.807, 2.05) is 0 Å². The van der Waals surface area contributed by atoms with Gasteiger partial charge in [-0.05, 0) is 49.5 Å². The molecule has 1 aliphatic carbocycles. The summed E-state index contributed by atoms with van der Waals surface area (Å²) in [5.74, 6) is -3.55. The zero-order chi connectivity index (χ0) is 15.8. The minimum absolute atomic E-state index is 0.115. The Bertz CT molecular complexity index is 522. The van der Waals surface area contributed by atoms with E-state index in [1.165, 1.54) is 6.07 Å².